The van der Waals surface area contributed by atoms with Gasteiger partial charge in [-0.15, -0.1) is 10.2 Å². The third-order valence-corrected chi connectivity index (χ3v) is 5.99. The van der Waals surface area contributed by atoms with Crippen molar-refractivity contribution in [2.24, 2.45) is 0 Å². The van der Waals surface area contributed by atoms with E-state index in [0.717, 1.165) is 33.2 Å². The third kappa shape index (κ3) is 3.74. The zero-order chi connectivity index (χ0) is 21.2. The van der Waals surface area contributed by atoms with Crippen molar-refractivity contribution in [1.29, 1.82) is 5.26 Å². The first-order valence-electron chi connectivity index (χ1n) is 9.70. The number of rotatable bonds is 5. The quantitative estimate of drug-likeness (QED) is 0.356. The predicted octanol–water partition coefficient (Wildman–Crippen LogP) is 5.33. The van der Waals surface area contributed by atoms with E-state index in [-0.39, 0.29) is 5.82 Å². The molecule has 5 aromatic rings. The molecule has 2 heterocycles. The van der Waals surface area contributed by atoms with Gasteiger partial charge in [-0.1, -0.05) is 60.3 Å². The fraction of sp³-hybridized carbons (Fsp3) is 0.0833. The fourth-order valence-electron chi connectivity index (χ4n) is 3.58. The first-order chi connectivity index (χ1) is 15.2. The minimum Gasteiger partial charge on any atom is -0.319 e. The molecule has 0 aliphatic rings. The molecular formula is C24H16FN5S. The van der Waals surface area contributed by atoms with Gasteiger partial charge >= 0.3 is 0 Å². The number of hydrogen-bond donors (Lipinski definition) is 0. The van der Waals surface area contributed by atoms with Crippen molar-refractivity contribution < 1.29 is 4.39 Å². The largest absolute Gasteiger partial charge is 0.319 e. The van der Waals surface area contributed by atoms with Crippen LogP contribution in [0.4, 0.5) is 4.39 Å². The van der Waals surface area contributed by atoms with Crippen molar-refractivity contribution >= 4 is 33.8 Å². The molecule has 0 saturated carbocycles. The Morgan fingerprint density at radius 3 is 2.55 bits per heavy atom. The molecule has 3 aromatic carbocycles. The summed E-state index contributed by atoms with van der Waals surface area (Å²) in [6.45, 7) is 0.546. The average Bonchev–Trinajstić information content (AvgIpc) is 3.12. The van der Waals surface area contributed by atoms with Gasteiger partial charge in [-0.2, -0.15) is 5.26 Å². The zero-order valence-corrected chi connectivity index (χ0v) is 17.2. The monoisotopic (exact) mass is 425 g/mol. The fourth-order valence-corrected chi connectivity index (χ4v) is 4.37. The van der Waals surface area contributed by atoms with Crippen LogP contribution < -0.4 is 0 Å². The Morgan fingerprint density at radius 2 is 1.71 bits per heavy atom. The predicted molar refractivity (Wildman–Crippen MR) is 119 cm³/mol. The maximum Gasteiger partial charge on any atom is 0.211 e. The van der Waals surface area contributed by atoms with Gasteiger partial charge in [0.05, 0.1) is 17.1 Å². The van der Waals surface area contributed by atoms with E-state index in [1.807, 2.05) is 42.5 Å². The molecule has 0 spiro atoms. The van der Waals surface area contributed by atoms with E-state index in [0.29, 0.717) is 23.0 Å². The van der Waals surface area contributed by atoms with Crippen molar-refractivity contribution in [3.63, 3.8) is 0 Å². The molecule has 0 bridgehead atoms. The van der Waals surface area contributed by atoms with Crippen molar-refractivity contribution in [2.75, 3.05) is 0 Å². The van der Waals surface area contributed by atoms with Crippen LogP contribution in [0, 0.1) is 17.1 Å². The Kier molecular flexibility index (Phi) is 5.06. The molecule has 7 heteroatoms. The van der Waals surface area contributed by atoms with Crippen LogP contribution in [0.25, 0.3) is 22.1 Å². The Hall–Kier alpha value is -3.76. The molecule has 0 amide bonds. The lowest BCUT2D eigenvalue weighted by Crippen LogP contribution is -2.02. The Balaban J connectivity index is 1.54. The third-order valence-electron chi connectivity index (χ3n) is 5.10. The molecule has 0 aliphatic carbocycles. The van der Waals surface area contributed by atoms with E-state index in [4.69, 9.17) is 4.98 Å². The maximum atomic E-state index is 13.3. The lowest BCUT2D eigenvalue weighted by Gasteiger charge is -2.07. The number of nitriles is 1. The highest BCUT2D eigenvalue weighted by atomic mass is 32.2. The highest BCUT2D eigenvalue weighted by molar-refractivity contribution is 7.98. The van der Waals surface area contributed by atoms with Crippen molar-refractivity contribution in [2.45, 2.75) is 17.5 Å². The molecule has 5 nitrogen and oxygen atoms in total. The van der Waals surface area contributed by atoms with E-state index in [2.05, 4.69) is 20.8 Å². The van der Waals surface area contributed by atoms with Crippen molar-refractivity contribution in [1.82, 2.24) is 19.7 Å². The number of nitrogens with zero attached hydrogens (tertiary/aromatic N) is 5. The number of halogens is 1. The highest BCUT2D eigenvalue weighted by Gasteiger charge is 2.15. The van der Waals surface area contributed by atoms with E-state index in [1.54, 1.807) is 18.2 Å². The summed E-state index contributed by atoms with van der Waals surface area (Å²) in [4.78, 5) is 4.79. The van der Waals surface area contributed by atoms with E-state index >= 15 is 0 Å². The summed E-state index contributed by atoms with van der Waals surface area (Å²) in [5.74, 6) is 0.320. The number of benzene rings is 3. The molecule has 2 aromatic heterocycles. The van der Waals surface area contributed by atoms with Crippen molar-refractivity contribution in [3.8, 4) is 6.07 Å². The van der Waals surface area contributed by atoms with Crippen molar-refractivity contribution in [3.05, 3.63) is 95.3 Å². The standard InChI is InChI=1S/C24H16FN5S/c25-19-11-9-16(10-12-19)14-30-21-8-4-3-7-20(21)22-23(30)27-24(29-28-22)31-15-18-6-2-1-5-17(18)13-26/h1-12H,14-15H2. The molecule has 0 aliphatic heterocycles. The van der Waals surface area contributed by atoms with Crippen LogP contribution in [0.5, 0.6) is 0 Å². The molecule has 0 unspecified atom stereocenters. The topological polar surface area (TPSA) is 67.4 Å². The summed E-state index contributed by atoms with van der Waals surface area (Å²) in [6.07, 6.45) is 0. The van der Waals surface area contributed by atoms with Crippen LogP contribution in [0.15, 0.2) is 78.0 Å². The summed E-state index contributed by atoms with van der Waals surface area (Å²) in [5, 5.41) is 19.6. The molecule has 0 atom stereocenters. The minimum atomic E-state index is -0.258. The number of aromatic nitrogens is 4. The normalized spacial score (nSPS) is 11.1. The van der Waals surface area contributed by atoms with Gasteiger partial charge in [-0.3, -0.25) is 0 Å². The molecule has 0 N–H and O–H groups in total. The van der Waals surface area contributed by atoms with Crippen LogP contribution in [-0.4, -0.2) is 19.7 Å². The number of fused-ring (bicyclic) bond motifs is 3. The second-order valence-corrected chi connectivity index (χ2v) is 8.00. The van der Waals surface area contributed by atoms with E-state index in [1.165, 1.54) is 23.9 Å². The molecule has 150 valence electrons. The summed E-state index contributed by atoms with van der Waals surface area (Å²) >= 11 is 1.45. The first kappa shape index (κ1) is 19.2. The zero-order valence-electron chi connectivity index (χ0n) is 16.4. The Bertz CT molecular complexity index is 1440. The van der Waals surface area contributed by atoms with Gasteiger partial charge < -0.3 is 4.57 Å². The lowest BCUT2D eigenvalue weighted by atomic mass is 10.1. The smallest absolute Gasteiger partial charge is 0.211 e. The molecule has 0 saturated heterocycles. The summed E-state index contributed by atoms with van der Waals surface area (Å²) < 4.78 is 15.4. The molecule has 31 heavy (non-hydrogen) atoms. The van der Waals surface area contributed by atoms with Gasteiger partial charge in [0.25, 0.3) is 0 Å². The molecular weight excluding hydrogens is 409 g/mol. The van der Waals surface area contributed by atoms with E-state index < -0.39 is 0 Å². The summed E-state index contributed by atoms with van der Waals surface area (Å²) in [6, 6.07) is 24.2. The minimum absolute atomic E-state index is 0.258. The second-order valence-electron chi connectivity index (χ2n) is 7.05. The van der Waals surface area contributed by atoms with Crippen LogP contribution in [-0.2, 0) is 12.3 Å². The van der Waals surface area contributed by atoms with Gasteiger partial charge in [0.2, 0.25) is 5.16 Å². The van der Waals surface area contributed by atoms with E-state index in [9.17, 15) is 9.65 Å². The lowest BCUT2D eigenvalue weighted by molar-refractivity contribution is 0.626. The van der Waals surface area contributed by atoms with Crippen LogP contribution in [0.1, 0.15) is 16.7 Å². The second kappa shape index (κ2) is 8.17. The van der Waals surface area contributed by atoms with Gasteiger partial charge in [-0.05, 0) is 35.4 Å². The maximum absolute atomic E-state index is 13.3. The summed E-state index contributed by atoms with van der Waals surface area (Å²) in [7, 11) is 0. The van der Waals surface area contributed by atoms with Gasteiger partial charge in [-0.25, -0.2) is 9.37 Å². The van der Waals surface area contributed by atoms with Crippen LogP contribution in [0.3, 0.4) is 0 Å². The Morgan fingerprint density at radius 1 is 0.935 bits per heavy atom. The summed E-state index contributed by atoms with van der Waals surface area (Å²) in [5.41, 5.74) is 5.02. The van der Waals surface area contributed by atoms with Gasteiger partial charge in [0.15, 0.2) is 5.65 Å². The van der Waals surface area contributed by atoms with Crippen LogP contribution in [0.2, 0.25) is 0 Å². The number of para-hydroxylation sites is 1. The molecule has 0 fully saturated rings. The molecule has 5 rings (SSSR count). The van der Waals surface area contributed by atoms with Gasteiger partial charge in [0.1, 0.15) is 11.3 Å². The average molecular weight is 425 g/mol. The first-order valence-corrected chi connectivity index (χ1v) is 10.7. The van der Waals surface area contributed by atoms with Crippen LogP contribution >= 0.6 is 11.8 Å². The van der Waals surface area contributed by atoms with Gasteiger partial charge in [0, 0.05) is 17.7 Å². The molecule has 0 radical (unpaired) electrons. The SMILES string of the molecule is N#Cc1ccccc1CSc1nnc2c3ccccc3n(Cc3ccc(F)cc3)c2n1. The highest BCUT2D eigenvalue weighted by Crippen LogP contribution is 2.29. The number of hydrogen-bond acceptors (Lipinski definition) is 5. The number of thioether (sulfide) groups is 1. The Labute approximate surface area is 182 Å².